The van der Waals surface area contributed by atoms with Gasteiger partial charge in [-0.15, -0.1) is 0 Å². The van der Waals surface area contributed by atoms with Crippen LogP contribution in [0.15, 0.2) is 51.2 Å². The molecule has 8 heteroatoms. The maximum atomic E-state index is 12.5. The highest BCUT2D eigenvalue weighted by Gasteiger charge is 2.31. The van der Waals surface area contributed by atoms with E-state index >= 15 is 0 Å². The Balaban J connectivity index is 1.73. The lowest BCUT2D eigenvalue weighted by Gasteiger charge is -2.17. The topological polar surface area (TPSA) is 60.9 Å². The van der Waals surface area contributed by atoms with Gasteiger partial charge < -0.3 is 10.0 Å². The van der Waals surface area contributed by atoms with Gasteiger partial charge in [0, 0.05) is 24.4 Å². The first-order valence-corrected chi connectivity index (χ1v) is 10.3. The Labute approximate surface area is 166 Å². The van der Waals surface area contributed by atoms with Crippen molar-refractivity contribution in [1.82, 2.24) is 4.90 Å². The van der Waals surface area contributed by atoms with Crippen LogP contribution >= 0.6 is 35.7 Å². The van der Waals surface area contributed by atoms with Gasteiger partial charge in [-0.2, -0.15) is 0 Å². The zero-order valence-electron chi connectivity index (χ0n) is 14.2. The first kappa shape index (κ1) is 19.0. The van der Waals surface area contributed by atoms with E-state index in [-0.39, 0.29) is 12.3 Å². The molecule has 1 N–H and O–H groups in total. The monoisotopic (exact) mass is 406 g/mol. The molecule has 0 atom stereocenters. The molecular formula is C18H18N2O3S3. The predicted molar refractivity (Wildman–Crippen MR) is 110 cm³/mol. The molecule has 0 spiro atoms. The van der Waals surface area contributed by atoms with Crippen molar-refractivity contribution >= 4 is 57.6 Å². The zero-order valence-corrected chi connectivity index (χ0v) is 16.6. The molecule has 2 aliphatic heterocycles. The van der Waals surface area contributed by atoms with Crippen LogP contribution in [-0.2, 0) is 9.59 Å². The van der Waals surface area contributed by atoms with Gasteiger partial charge in [0.05, 0.1) is 15.6 Å². The summed E-state index contributed by atoms with van der Waals surface area (Å²) >= 11 is 8.22. The minimum Gasteiger partial charge on any atom is -0.481 e. The van der Waals surface area contributed by atoms with Crippen LogP contribution in [0.4, 0.5) is 5.69 Å². The van der Waals surface area contributed by atoms with Gasteiger partial charge >= 0.3 is 5.97 Å². The van der Waals surface area contributed by atoms with Crippen LogP contribution in [0.1, 0.15) is 19.8 Å². The molecule has 2 aliphatic rings. The molecule has 0 saturated carbocycles. The number of para-hydroxylation sites is 1. The summed E-state index contributed by atoms with van der Waals surface area (Å²) in [5, 5.41) is 9.81. The highest BCUT2D eigenvalue weighted by molar-refractivity contribution is 8.26. The summed E-state index contributed by atoms with van der Waals surface area (Å²) in [6.45, 7) is 3.28. The van der Waals surface area contributed by atoms with Crippen molar-refractivity contribution in [2.75, 3.05) is 18.0 Å². The van der Waals surface area contributed by atoms with Crippen molar-refractivity contribution in [2.45, 2.75) is 24.7 Å². The summed E-state index contributed by atoms with van der Waals surface area (Å²) in [6.07, 6.45) is 4.19. The summed E-state index contributed by atoms with van der Waals surface area (Å²) in [6, 6.07) is 8.22. The number of thioether (sulfide) groups is 2. The molecule has 5 nitrogen and oxygen atoms in total. The van der Waals surface area contributed by atoms with Crippen molar-refractivity contribution in [2.24, 2.45) is 0 Å². The third-order valence-electron chi connectivity index (χ3n) is 3.98. The molecule has 2 heterocycles. The summed E-state index contributed by atoms with van der Waals surface area (Å²) in [5.41, 5.74) is 1.18. The van der Waals surface area contributed by atoms with E-state index in [1.54, 1.807) is 11.8 Å². The van der Waals surface area contributed by atoms with E-state index in [0.29, 0.717) is 22.2 Å². The lowest BCUT2D eigenvalue weighted by molar-refractivity contribution is -0.137. The number of carboxylic acids is 1. The Morgan fingerprint density at radius 2 is 2.00 bits per heavy atom. The van der Waals surface area contributed by atoms with Gasteiger partial charge in [-0.05, 0) is 37.6 Å². The van der Waals surface area contributed by atoms with E-state index in [4.69, 9.17) is 17.3 Å². The molecule has 1 saturated heterocycles. The second-order valence-electron chi connectivity index (χ2n) is 5.67. The summed E-state index contributed by atoms with van der Waals surface area (Å²) in [7, 11) is 0. The number of benzene rings is 1. The maximum Gasteiger partial charge on any atom is 0.303 e. The van der Waals surface area contributed by atoms with Crippen molar-refractivity contribution in [1.29, 1.82) is 0 Å². The van der Waals surface area contributed by atoms with E-state index < -0.39 is 5.97 Å². The molecule has 1 fully saturated rings. The molecule has 0 aromatic heterocycles. The predicted octanol–water partition coefficient (Wildman–Crippen LogP) is 4.07. The molecular weight excluding hydrogens is 388 g/mol. The van der Waals surface area contributed by atoms with Gasteiger partial charge in [-0.25, -0.2) is 0 Å². The minimum absolute atomic E-state index is 0.0283. The average molecular weight is 407 g/mol. The molecule has 0 bridgehead atoms. The maximum absolute atomic E-state index is 12.5. The normalized spacial score (nSPS) is 19.7. The second kappa shape index (κ2) is 8.28. The number of fused-ring (bicyclic) bond motifs is 1. The van der Waals surface area contributed by atoms with Crippen LogP contribution in [0.3, 0.4) is 0 Å². The number of allylic oxidation sites excluding steroid dienone is 2. The Hall–Kier alpha value is -1.77. The van der Waals surface area contributed by atoms with E-state index in [0.717, 1.165) is 11.6 Å². The number of hydrogen-bond donors (Lipinski definition) is 1. The standard InChI is InChI=1S/C18H18N2O3S3/c1-2-19-12-6-3-4-7-13(12)25-15(19)10-9-14-17(23)20(18(24)26-14)11-5-8-16(21)22/h3-4,6-7,9-10H,2,5,8,11H2,1H3,(H,21,22). The number of thiocarbonyl (C=S) groups is 1. The Morgan fingerprint density at radius 3 is 2.73 bits per heavy atom. The van der Waals surface area contributed by atoms with E-state index in [1.807, 2.05) is 24.3 Å². The smallest absolute Gasteiger partial charge is 0.303 e. The Morgan fingerprint density at radius 1 is 1.23 bits per heavy atom. The first-order chi connectivity index (χ1) is 12.5. The van der Waals surface area contributed by atoms with Gasteiger partial charge in [0.15, 0.2) is 0 Å². The minimum atomic E-state index is -0.867. The fraction of sp³-hybridized carbons (Fsp3) is 0.278. The fourth-order valence-electron chi connectivity index (χ4n) is 2.75. The summed E-state index contributed by atoms with van der Waals surface area (Å²) in [4.78, 5) is 28.6. The van der Waals surface area contributed by atoms with Crippen LogP contribution in [-0.4, -0.2) is 39.3 Å². The average Bonchev–Trinajstić information content (AvgIpc) is 3.10. The van der Waals surface area contributed by atoms with Gasteiger partial charge in [0.25, 0.3) is 5.91 Å². The highest BCUT2D eigenvalue weighted by atomic mass is 32.2. The number of anilines is 1. The van der Waals surface area contributed by atoms with Gasteiger partial charge in [-0.1, -0.05) is 47.9 Å². The lowest BCUT2D eigenvalue weighted by atomic mass is 10.3. The SMILES string of the molecule is CCN1C(=CC=C2SC(=S)N(CCCC(=O)O)C2=O)Sc2ccccc21. The largest absolute Gasteiger partial charge is 0.481 e. The summed E-state index contributed by atoms with van der Waals surface area (Å²) in [5.74, 6) is -1.01. The first-order valence-electron chi connectivity index (χ1n) is 8.23. The number of carboxylic acid groups (broad SMARTS) is 1. The van der Waals surface area contributed by atoms with Crippen molar-refractivity contribution in [3.63, 3.8) is 0 Å². The number of carbonyl (C=O) groups excluding carboxylic acids is 1. The molecule has 0 radical (unpaired) electrons. The number of hydrogen-bond acceptors (Lipinski definition) is 6. The molecule has 0 aliphatic carbocycles. The molecule has 0 unspecified atom stereocenters. The lowest BCUT2D eigenvalue weighted by Crippen LogP contribution is -2.29. The van der Waals surface area contributed by atoms with Crippen molar-refractivity contribution < 1.29 is 14.7 Å². The third-order valence-corrected chi connectivity index (χ3v) is 6.50. The number of carbonyl (C=O) groups is 2. The molecule has 1 amide bonds. The van der Waals surface area contributed by atoms with Crippen LogP contribution in [0.2, 0.25) is 0 Å². The third kappa shape index (κ3) is 3.97. The number of nitrogens with zero attached hydrogens (tertiary/aromatic N) is 2. The van der Waals surface area contributed by atoms with Gasteiger partial charge in [-0.3, -0.25) is 14.5 Å². The fourth-order valence-corrected chi connectivity index (χ4v) is 5.12. The molecule has 136 valence electrons. The second-order valence-corrected chi connectivity index (χ2v) is 8.41. The molecule has 26 heavy (non-hydrogen) atoms. The number of amides is 1. The van der Waals surface area contributed by atoms with Gasteiger partial charge in [0.1, 0.15) is 4.32 Å². The number of aliphatic carboxylic acids is 1. The molecule has 3 rings (SSSR count). The summed E-state index contributed by atoms with van der Waals surface area (Å²) < 4.78 is 0.486. The van der Waals surface area contributed by atoms with Crippen molar-refractivity contribution in [3.05, 3.63) is 46.4 Å². The number of rotatable bonds is 6. The van der Waals surface area contributed by atoms with Gasteiger partial charge in [0.2, 0.25) is 0 Å². The van der Waals surface area contributed by atoms with Crippen molar-refractivity contribution in [3.8, 4) is 0 Å². The Kier molecular flexibility index (Phi) is 6.05. The zero-order chi connectivity index (χ0) is 18.7. The molecule has 1 aromatic carbocycles. The van der Waals surface area contributed by atoms with Crippen LogP contribution < -0.4 is 4.90 Å². The van der Waals surface area contributed by atoms with E-state index in [9.17, 15) is 9.59 Å². The quantitative estimate of drug-likeness (QED) is 0.564. The highest BCUT2D eigenvalue weighted by Crippen LogP contribution is 2.45. The Bertz CT molecular complexity index is 820. The van der Waals surface area contributed by atoms with E-state index in [2.05, 4.69) is 24.0 Å². The van der Waals surface area contributed by atoms with E-state index in [1.165, 1.54) is 27.2 Å². The van der Waals surface area contributed by atoms with Crippen LogP contribution in [0, 0.1) is 0 Å². The van der Waals surface area contributed by atoms with Crippen LogP contribution in [0.25, 0.3) is 0 Å². The van der Waals surface area contributed by atoms with Crippen LogP contribution in [0.5, 0.6) is 0 Å². The molecule has 1 aromatic rings.